The largest absolute Gasteiger partial charge is 0.478 e. The number of hydrogen-bond acceptors (Lipinski definition) is 3. The molecule has 1 fully saturated rings. The zero-order valence-corrected chi connectivity index (χ0v) is 10.8. The van der Waals surface area contributed by atoms with Crippen LogP contribution in [0.2, 0.25) is 0 Å². The summed E-state index contributed by atoms with van der Waals surface area (Å²) in [7, 11) is 0. The first-order valence-electron chi connectivity index (χ1n) is 6.44. The van der Waals surface area contributed by atoms with Crippen LogP contribution in [0.3, 0.4) is 0 Å². The van der Waals surface area contributed by atoms with Crippen LogP contribution in [0.4, 0.5) is 0 Å². The number of fused-ring (bicyclic) bond motifs is 1. The summed E-state index contributed by atoms with van der Waals surface area (Å²) >= 11 is 0. The standard InChI is InChI=1S/C14H16N2O3/c1-9-15-12-4-2-3-10(14(17)18)7-13(12)16(9)8-11-5-6-19-11/h2-3,7,11H,4-6,8H2,1H3,(H,17,18). The van der Waals surface area contributed by atoms with Gasteiger partial charge in [-0.3, -0.25) is 0 Å². The van der Waals surface area contributed by atoms with Crippen molar-refractivity contribution in [2.45, 2.75) is 32.4 Å². The number of nitrogens with zero attached hydrogens (tertiary/aromatic N) is 2. The highest BCUT2D eigenvalue weighted by Gasteiger charge is 2.23. The first-order valence-corrected chi connectivity index (χ1v) is 6.44. The smallest absolute Gasteiger partial charge is 0.335 e. The van der Waals surface area contributed by atoms with E-state index >= 15 is 0 Å². The van der Waals surface area contributed by atoms with Crippen molar-refractivity contribution in [3.63, 3.8) is 0 Å². The predicted molar refractivity (Wildman–Crippen MR) is 69.8 cm³/mol. The third kappa shape index (κ3) is 2.21. The van der Waals surface area contributed by atoms with Crippen LogP contribution in [0.25, 0.3) is 6.08 Å². The molecular formula is C14H16N2O3. The number of aliphatic carboxylic acids is 1. The van der Waals surface area contributed by atoms with Gasteiger partial charge in [0, 0.05) is 13.0 Å². The summed E-state index contributed by atoms with van der Waals surface area (Å²) in [5.74, 6) is 0.00573. The van der Waals surface area contributed by atoms with Crippen molar-refractivity contribution in [1.29, 1.82) is 0 Å². The van der Waals surface area contributed by atoms with Gasteiger partial charge in [-0.05, 0) is 19.4 Å². The fourth-order valence-electron chi connectivity index (χ4n) is 2.44. The molecule has 0 aromatic carbocycles. The van der Waals surface area contributed by atoms with Crippen LogP contribution in [-0.4, -0.2) is 33.3 Å². The van der Waals surface area contributed by atoms with Gasteiger partial charge in [-0.2, -0.15) is 0 Å². The molecule has 1 aromatic heterocycles. The van der Waals surface area contributed by atoms with Gasteiger partial charge in [-0.1, -0.05) is 12.2 Å². The first-order chi connectivity index (χ1) is 9.15. The summed E-state index contributed by atoms with van der Waals surface area (Å²) in [6.07, 6.45) is 7.16. The van der Waals surface area contributed by atoms with E-state index in [9.17, 15) is 4.79 Å². The Morgan fingerprint density at radius 1 is 1.63 bits per heavy atom. The highest BCUT2D eigenvalue weighted by molar-refractivity contribution is 5.95. The minimum absolute atomic E-state index is 0.231. The average Bonchev–Trinajstić information content (AvgIpc) is 2.48. The second kappa shape index (κ2) is 4.66. The molecule has 5 heteroatoms. The summed E-state index contributed by atoms with van der Waals surface area (Å²) in [4.78, 5) is 15.7. The molecule has 19 heavy (non-hydrogen) atoms. The highest BCUT2D eigenvalue weighted by Crippen LogP contribution is 2.23. The lowest BCUT2D eigenvalue weighted by atomic mass is 10.1. The second-order valence-corrected chi connectivity index (χ2v) is 4.89. The van der Waals surface area contributed by atoms with Crippen molar-refractivity contribution in [3.8, 4) is 0 Å². The Morgan fingerprint density at radius 3 is 3.05 bits per heavy atom. The number of hydrogen-bond donors (Lipinski definition) is 1. The third-order valence-electron chi connectivity index (χ3n) is 3.60. The van der Waals surface area contributed by atoms with E-state index < -0.39 is 5.97 Å². The molecule has 0 saturated carbocycles. The Labute approximate surface area is 111 Å². The molecule has 1 saturated heterocycles. The summed E-state index contributed by atoms with van der Waals surface area (Å²) in [5, 5.41) is 9.15. The number of carboxylic acids is 1. The molecule has 1 aromatic rings. The molecule has 0 spiro atoms. The number of carboxylic acid groups (broad SMARTS) is 1. The average molecular weight is 260 g/mol. The Balaban J connectivity index is 2.00. The fraction of sp³-hybridized carbons (Fsp3) is 0.429. The van der Waals surface area contributed by atoms with E-state index in [1.54, 1.807) is 12.2 Å². The first kappa shape index (κ1) is 12.2. The second-order valence-electron chi connectivity index (χ2n) is 4.89. The summed E-state index contributed by atoms with van der Waals surface area (Å²) < 4.78 is 7.52. The van der Waals surface area contributed by atoms with Crippen molar-refractivity contribution in [2.24, 2.45) is 0 Å². The molecule has 0 radical (unpaired) electrons. The van der Waals surface area contributed by atoms with Crippen molar-refractivity contribution >= 4 is 12.0 Å². The molecule has 1 aliphatic heterocycles. The molecule has 0 amide bonds. The molecule has 1 aliphatic carbocycles. The summed E-state index contributed by atoms with van der Waals surface area (Å²) in [5.41, 5.74) is 2.13. The molecule has 5 nitrogen and oxygen atoms in total. The number of aromatic nitrogens is 2. The normalized spacial score (nSPS) is 21.3. The Hall–Kier alpha value is -1.88. The van der Waals surface area contributed by atoms with E-state index in [4.69, 9.17) is 9.84 Å². The van der Waals surface area contributed by atoms with E-state index in [0.717, 1.165) is 36.8 Å². The van der Waals surface area contributed by atoms with Crippen LogP contribution in [-0.2, 0) is 22.5 Å². The van der Waals surface area contributed by atoms with Gasteiger partial charge in [0.05, 0.1) is 29.6 Å². The van der Waals surface area contributed by atoms with Crippen LogP contribution in [0.1, 0.15) is 23.6 Å². The minimum Gasteiger partial charge on any atom is -0.478 e. The Kier molecular flexibility index (Phi) is 2.98. The molecule has 2 aliphatic rings. The summed E-state index contributed by atoms with van der Waals surface area (Å²) in [6.45, 7) is 3.52. The number of ether oxygens (including phenoxy) is 1. The maximum Gasteiger partial charge on any atom is 0.335 e. The van der Waals surface area contributed by atoms with Crippen LogP contribution >= 0.6 is 0 Å². The van der Waals surface area contributed by atoms with Gasteiger partial charge in [-0.25, -0.2) is 9.78 Å². The molecule has 0 bridgehead atoms. The SMILES string of the molecule is Cc1nc2c(n1CC1CCO1)C=C(C(=O)O)C=CC2. The van der Waals surface area contributed by atoms with Crippen molar-refractivity contribution in [2.75, 3.05) is 6.61 Å². The molecule has 3 rings (SSSR count). The lowest BCUT2D eigenvalue weighted by Gasteiger charge is -2.27. The van der Waals surface area contributed by atoms with E-state index in [0.29, 0.717) is 12.0 Å². The van der Waals surface area contributed by atoms with Gasteiger partial charge in [-0.15, -0.1) is 0 Å². The number of rotatable bonds is 3. The van der Waals surface area contributed by atoms with Gasteiger partial charge >= 0.3 is 5.97 Å². The van der Waals surface area contributed by atoms with Gasteiger partial charge in [0.1, 0.15) is 5.82 Å². The molecule has 1 N–H and O–H groups in total. The molecular weight excluding hydrogens is 244 g/mol. The quantitative estimate of drug-likeness (QED) is 0.895. The number of imidazole rings is 1. The van der Waals surface area contributed by atoms with E-state index in [1.165, 1.54) is 0 Å². The zero-order chi connectivity index (χ0) is 13.4. The van der Waals surface area contributed by atoms with Crippen LogP contribution in [0, 0.1) is 6.92 Å². The van der Waals surface area contributed by atoms with Crippen molar-refractivity contribution in [3.05, 3.63) is 34.9 Å². The zero-order valence-electron chi connectivity index (χ0n) is 10.8. The van der Waals surface area contributed by atoms with Crippen molar-refractivity contribution < 1.29 is 14.6 Å². The number of allylic oxidation sites excluding steroid dienone is 1. The Morgan fingerprint density at radius 2 is 2.42 bits per heavy atom. The van der Waals surface area contributed by atoms with Gasteiger partial charge in [0.15, 0.2) is 0 Å². The lowest BCUT2D eigenvalue weighted by molar-refractivity contribution is -0.132. The summed E-state index contributed by atoms with van der Waals surface area (Å²) in [6, 6.07) is 0. The topological polar surface area (TPSA) is 64.4 Å². The predicted octanol–water partition coefficient (Wildman–Crippen LogP) is 1.56. The molecule has 1 unspecified atom stereocenters. The van der Waals surface area contributed by atoms with E-state index in [2.05, 4.69) is 9.55 Å². The minimum atomic E-state index is -0.908. The number of carbonyl (C=O) groups is 1. The highest BCUT2D eigenvalue weighted by atomic mass is 16.5. The van der Waals surface area contributed by atoms with Gasteiger partial charge < -0.3 is 14.4 Å². The maximum absolute atomic E-state index is 11.2. The van der Waals surface area contributed by atoms with Crippen LogP contribution in [0.15, 0.2) is 17.7 Å². The fourth-order valence-corrected chi connectivity index (χ4v) is 2.44. The van der Waals surface area contributed by atoms with Gasteiger partial charge in [0.2, 0.25) is 0 Å². The van der Waals surface area contributed by atoms with Crippen LogP contribution < -0.4 is 0 Å². The number of aryl methyl sites for hydroxylation is 1. The van der Waals surface area contributed by atoms with Crippen LogP contribution in [0.5, 0.6) is 0 Å². The monoisotopic (exact) mass is 260 g/mol. The Bertz CT molecular complexity index is 580. The van der Waals surface area contributed by atoms with E-state index in [-0.39, 0.29) is 6.10 Å². The van der Waals surface area contributed by atoms with E-state index in [1.807, 2.05) is 13.0 Å². The molecule has 1 atom stereocenters. The lowest BCUT2D eigenvalue weighted by Crippen LogP contribution is -2.31. The van der Waals surface area contributed by atoms with Gasteiger partial charge in [0.25, 0.3) is 0 Å². The molecule has 100 valence electrons. The molecule has 2 heterocycles. The van der Waals surface area contributed by atoms with Crippen molar-refractivity contribution in [1.82, 2.24) is 9.55 Å². The third-order valence-corrected chi connectivity index (χ3v) is 3.60. The maximum atomic E-state index is 11.2.